The van der Waals surface area contributed by atoms with Crippen LogP contribution >= 0.6 is 11.3 Å². The normalized spacial score (nSPS) is 18.7. The molecule has 1 amide bonds. The molecule has 0 bridgehead atoms. The first-order valence-electron chi connectivity index (χ1n) is 7.43. The number of pyridine rings is 1. The minimum atomic E-state index is 0.133. The van der Waals surface area contributed by atoms with Gasteiger partial charge in [-0.15, -0.1) is 0 Å². The number of piperidine rings is 1. The summed E-state index contributed by atoms with van der Waals surface area (Å²) in [6, 6.07) is 5.99. The highest BCUT2D eigenvalue weighted by Crippen LogP contribution is 2.27. The van der Waals surface area contributed by atoms with E-state index in [1.54, 1.807) is 17.5 Å². The maximum Gasteiger partial charge on any atom is 0.254 e. The summed E-state index contributed by atoms with van der Waals surface area (Å²) in [7, 11) is 0. The van der Waals surface area contributed by atoms with Crippen LogP contribution in [0.4, 0.5) is 0 Å². The van der Waals surface area contributed by atoms with Gasteiger partial charge in [0, 0.05) is 35.5 Å². The van der Waals surface area contributed by atoms with E-state index in [0.29, 0.717) is 5.92 Å². The number of fused-ring (bicyclic) bond motifs is 1. The first-order chi connectivity index (χ1) is 10.8. The Bertz CT molecular complexity index is 795. The number of likely N-dealkylation sites (tertiary alicyclic amines) is 1. The lowest BCUT2D eigenvalue weighted by atomic mass is 9.94. The van der Waals surface area contributed by atoms with Crippen LogP contribution < -0.4 is 0 Å². The van der Waals surface area contributed by atoms with Crippen molar-refractivity contribution in [2.45, 2.75) is 18.8 Å². The summed E-state index contributed by atoms with van der Waals surface area (Å²) in [5.74, 6) is 0.428. The van der Waals surface area contributed by atoms with Gasteiger partial charge in [0.2, 0.25) is 0 Å². The number of carbonyl (C=O) groups is 1. The SMILES string of the molecule is O=C(c1ccsc1)N1CCC[C@@H](c2ccc3cn[nH]c3n2)C1. The maximum absolute atomic E-state index is 12.5. The van der Waals surface area contributed by atoms with Crippen LogP contribution in [0.5, 0.6) is 0 Å². The average Bonchev–Trinajstić information content (AvgIpc) is 3.25. The zero-order valence-corrected chi connectivity index (χ0v) is 12.8. The van der Waals surface area contributed by atoms with Gasteiger partial charge >= 0.3 is 0 Å². The lowest BCUT2D eigenvalue weighted by Crippen LogP contribution is -2.39. The molecule has 3 aromatic heterocycles. The van der Waals surface area contributed by atoms with Gasteiger partial charge in [0.25, 0.3) is 5.91 Å². The third-order valence-corrected chi connectivity index (χ3v) is 4.90. The topological polar surface area (TPSA) is 61.9 Å². The molecule has 1 fully saturated rings. The number of aromatic nitrogens is 3. The molecular formula is C16H16N4OS. The van der Waals surface area contributed by atoms with Crippen molar-refractivity contribution < 1.29 is 4.79 Å². The van der Waals surface area contributed by atoms with Crippen molar-refractivity contribution in [2.75, 3.05) is 13.1 Å². The molecule has 0 aliphatic carbocycles. The number of amides is 1. The molecular weight excluding hydrogens is 296 g/mol. The Labute approximate surface area is 132 Å². The second-order valence-corrected chi connectivity index (χ2v) is 6.43. The highest BCUT2D eigenvalue weighted by molar-refractivity contribution is 7.08. The molecule has 1 saturated heterocycles. The molecule has 0 spiro atoms. The summed E-state index contributed by atoms with van der Waals surface area (Å²) >= 11 is 1.56. The summed E-state index contributed by atoms with van der Waals surface area (Å²) in [5.41, 5.74) is 2.65. The van der Waals surface area contributed by atoms with E-state index in [1.807, 2.05) is 27.8 Å². The number of rotatable bonds is 2. The summed E-state index contributed by atoms with van der Waals surface area (Å²) < 4.78 is 0. The summed E-state index contributed by atoms with van der Waals surface area (Å²) in [5, 5.41) is 11.8. The molecule has 0 radical (unpaired) electrons. The zero-order chi connectivity index (χ0) is 14.9. The van der Waals surface area contributed by atoms with Gasteiger partial charge in [-0.3, -0.25) is 9.89 Å². The van der Waals surface area contributed by atoms with Crippen molar-refractivity contribution in [3.05, 3.63) is 46.4 Å². The average molecular weight is 312 g/mol. The highest BCUT2D eigenvalue weighted by Gasteiger charge is 2.26. The van der Waals surface area contributed by atoms with Crippen molar-refractivity contribution in [3.63, 3.8) is 0 Å². The van der Waals surface area contributed by atoms with Gasteiger partial charge in [-0.1, -0.05) is 0 Å². The number of nitrogens with zero attached hydrogens (tertiary/aromatic N) is 3. The van der Waals surface area contributed by atoms with E-state index in [9.17, 15) is 4.79 Å². The Morgan fingerprint density at radius 1 is 1.36 bits per heavy atom. The van der Waals surface area contributed by atoms with Crippen LogP contribution in [0, 0.1) is 0 Å². The Morgan fingerprint density at radius 3 is 3.18 bits per heavy atom. The molecule has 22 heavy (non-hydrogen) atoms. The molecule has 112 valence electrons. The van der Waals surface area contributed by atoms with Crippen LogP contribution in [0.15, 0.2) is 35.2 Å². The second-order valence-electron chi connectivity index (χ2n) is 5.65. The number of aromatic amines is 1. The first-order valence-corrected chi connectivity index (χ1v) is 8.37. The van der Waals surface area contributed by atoms with E-state index < -0.39 is 0 Å². The predicted molar refractivity (Wildman–Crippen MR) is 86.1 cm³/mol. The molecule has 0 saturated carbocycles. The molecule has 4 rings (SSSR count). The largest absolute Gasteiger partial charge is 0.338 e. The smallest absolute Gasteiger partial charge is 0.254 e. The standard InChI is InChI=1S/C16H16N4OS/c21-16(13-5-7-22-10-13)20-6-1-2-12(9-20)14-4-3-11-8-17-19-15(11)18-14/h3-5,7-8,10,12H,1-2,6,9H2,(H,17,18,19)/t12-/m1/s1. The molecule has 0 unspecified atom stereocenters. The fourth-order valence-electron chi connectivity index (χ4n) is 3.04. The van der Waals surface area contributed by atoms with Crippen LogP contribution in [0.2, 0.25) is 0 Å². The molecule has 1 N–H and O–H groups in total. The number of carbonyl (C=O) groups excluding carboxylic acids is 1. The van der Waals surface area contributed by atoms with E-state index in [1.165, 1.54) is 0 Å². The molecule has 4 heterocycles. The number of H-pyrrole nitrogens is 1. The maximum atomic E-state index is 12.5. The van der Waals surface area contributed by atoms with Gasteiger partial charge in [0.05, 0.1) is 11.8 Å². The van der Waals surface area contributed by atoms with E-state index in [2.05, 4.69) is 21.2 Å². The summed E-state index contributed by atoms with van der Waals surface area (Å²) in [4.78, 5) is 19.1. The molecule has 1 atom stereocenters. The zero-order valence-electron chi connectivity index (χ0n) is 12.0. The van der Waals surface area contributed by atoms with Crippen LogP contribution in [0.3, 0.4) is 0 Å². The summed E-state index contributed by atoms with van der Waals surface area (Å²) in [6.45, 7) is 1.57. The van der Waals surface area contributed by atoms with Crippen LogP contribution in [0.1, 0.15) is 34.8 Å². The molecule has 1 aliphatic rings. The molecule has 6 heteroatoms. The van der Waals surface area contributed by atoms with Gasteiger partial charge in [-0.05, 0) is 36.4 Å². The van der Waals surface area contributed by atoms with Gasteiger partial charge in [-0.25, -0.2) is 4.98 Å². The number of hydrogen-bond donors (Lipinski definition) is 1. The minimum absolute atomic E-state index is 0.133. The van der Waals surface area contributed by atoms with Gasteiger partial charge in [-0.2, -0.15) is 16.4 Å². The number of nitrogens with one attached hydrogen (secondary N) is 1. The minimum Gasteiger partial charge on any atom is -0.338 e. The third-order valence-electron chi connectivity index (χ3n) is 4.22. The van der Waals surface area contributed by atoms with Gasteiger partial charge in [0.1, 0.15) is 0 Å². The van der Waals surface area contributed by atoms with E-state index in [-0.39, 0.29) is 5.91 Å². The van der Waals surface area contributed by atoms with Crippen molar-refractivity contribution in [2.24, 2.45) is 0 Å². The fourth-order valence-corrected chi connectivity index (χ4v) is 3.67. The van der Waals surface area contributed by atoms with Crippen molar-refractivity contribution in [1.29, 1.82) is 0 Å². The predicted octanol–water partition coefficient (Wildman–Crippen LogP) is 3.04. The first kappa shape index (κ1) is 13.5. The van der Waals surface area contributed by atoms with Gasteiger partial charge in [0.15, 0.2) is 5.65 Å². The quantitative estimate of drug-likeness (QED) is 0.791. The third kappa shape index (κ3) is 2.39. The number of thiophene rings is 1. The molecule has 3 aromatic rings. The Morgan fingerprint density at radius 2 is 2.32 bits per heavy atom. The number of hydrogen-bond acceptors (Lipinski definition) is 4. The van der Waals surface area contributed by atoms with Crippen LogP contribution in [0.25, 0.3) is 11.0 Å². The van der Waals surface area contributed by atoms with E-state index in [4.69, 9.17) is 0 Å². The molecule has 1 aliphatic heterocycles. The molecule has 0 aromatic carbocycles. The van der Waals surface area contributed by atoms with E-state index in [0.717, 1.165) is 48.2 Å². The van der Waals surface area contributed by atoms with Crippen molar-refractivity contribution >= 4 is 28.3 Å². The van der Waals surface area contributed by atoms with E-state index >= 15 is 0 Å². The highest BCUT2D eigenvalue weighted by atomic mass is 32.1. The molecule has 5 nitrogen and oxygen atoms in total. The Kier molecular flexibility index (Phi) is 3.38. The van der Waals surface area contributed by atoms with Crippen LogP contribution in [-0.2, 0) is 0 Å². The lowest BCUT2D eigenvalue weighted by molar-refractivity contribution is 0.0706. The van der Waals surface area contributed by atoms with Crippen molar-refractivity contribution in [1.82, 2.24) is 20.1 Å². The monoisotopic (exact) mass is 312 g/mol. The lowest BCUT2D eigenvalue weighted by Gasteiger charge is -2.32. The van der Waals surface area contributed by atoms with Crippen molar-refractivity contribution in [3.8, 4) is 0 Å². The summed E-state index contributed by atoms with van der Waals surface area (Å²) in [6.07, 6.45) is 3.86. The Balaban J connectivity index is 1.56. The van der Waals surface area contributed by atoms with Gasteiger partial charge < -0.3 is 4.90 Å². The Hall–Kier alpha value is -2.21. The van der Waals surface area contributed by atoms with Crippen LogP contribution in [-0.4, -0.2) is 39.1 Å². The second kappa shape index (κ2) is 5.53. The fraction of sp³-hybridized carbons (Fsp3) is 0.312.